The Hall–Kier alpha value is -2.53. The Labute approximate surface area is 157 Å². The molecule has 0 aliphatic carbocycles. The molecule has 134 valence electrons. The first-order chi connectivity index (χ1) is 12.7. The van der Waals surface area contributed by atoms with E-state index in [0.717, 1.165) is 46.4 Å². The summed E-state index contributed by atoms with van der Waals surface area (Å²) in [6.45, 7) is 7.65. The summed E-state index contributed by atoms with van der Waals surface area (Å²) in [6.07, 6.45) is 1.01. The van der Waals surface area contributed by atoms with E-state index in [-0.39, 0.29) is 0 Å². The molecule has 0 fully saturated rings. The summed E-state index contributed by atoms with van der Waals surface area (Å²) in [5.41, 5.74) is 4.46. The van der Waals surface area contributed by atoms with Crippen LogP contribution in [0.25, 0.3) is 26.4 Å². The molecule has 0 aliphatic heterocycles. The zero-order valence-electron chi connectivity index (χ0n) is 15.3. The van der Waals surface area contributed by atoms with Gasteiger partial charge in [0.25, 0.3) is 0 Å². The van der Waals surface area contributed by atoms with Gasteiger partial charge in [-0.05, 0) is 62.7 Å². The van der Waals surface area contributed by atoms with Gasteiger partial charge in [0.2, 0.25) is 0 Å². The van der Waals surface area contributed by atoms with Crippen molar-refractivity contribution in [2.75, 3.05) is 13.2 Å². The lowest BCUT2D eigenvalue weighted by atomic mass is 10.1. The molecular weight excluding hydrogens is 344 g/mol. The number of fused-ring (bicyclic) bond motifs is 3. The van der Waals surface area contributed by atoms with Gasteiger partial charge in [-0.25, -0.2) is 4.98 Å². The van der Waals surface area contributed by atoms with Crippen molar-refractivity contribution in [2.45, 2.75) is 27.2 Å². The van der Waals surface area contributed by atoms with Crippen molar-refractivity contribution in [2.24, 2.45) is 0 Å². The van der Waals surface area contributed by atoms with Crippen molar-refractivity contribution >= 4 is 26.5 Å². The highest BCUT2D eigenvalue weighted by molar-refractivity contribution is 7.23. The van der Waals surface area contributed by atoms with E-state index in [4.69, 9.17) is 14.5 Å². The highest BCUT2D eigenvalue weighted by Crippen LogP contribution is 2.34. The Balaban J connectivity index is 1.75. The summed E-state index contributed by atoms with van der Waals surface area (Å²) in [5.74, 6) is 1.81. The Morgan fingerprint density at radius 3 is 2.50 bits per heavy atom. The highest BCUT2D eigenvalue weighted by Gasteiger charge is 2.15. The van der Waals surface area contributed by atoms with Gasteiger partial charge >= 0.3 is 0 Å². The van der Waals surface area contributed by atoms with Gasteiger partial charge in [-0.15, -0.1) is 0 Å². The maximum Gasteiger partial charge on any atom is 0.195 e. The maximum absolute atomic E-state index is 5.76. The number of rotatable bonds is 6. The number of hydrogen-bond donors (Lipinski definition) is 0. The van der Waals surface area contributed by atoms with Crippen molar-refractivity contribution in [3.8, 4) is 22.8 Å². The molecule has 0 N–H and O–H groups in total. The number of benzene rings is 2. The summed E-state index contributed by atoms with van der Waals surface area (Å²) in [6, 6.07) is 14.4. The topological polar surface area (TPSA) is 35.8 Å². The van der Waals surface area contributed by atoms with Crippen LogP contribution in [0.1, 0.15) is 26.0 Å². The summed E-state index contributed by atoms with van der Waals surface area (Å²) >= 11 is 1.70. The lowest BCUT2D eigenvalue weighted by Gasteiger charge is -2.05. The molecule has 5 heteroatoms. The fraction of sp³-hybridized carbons (Fsp3) is 0.286. The first-order valence-electron chi connectivity index (χ1n) is 8.99. The van der Waals surface area contributed by atoms with Crippen LogP contribution in [0.5, 0.6) is 11.5 Å². The quantitative estimate of drug-likeness (QED) is 0.438. The first kappa shape index (κ1) is 16.9. The van der Waals surface area contributed by atoms with Crippen LogP contribution >= 0.6 is 11.3 Å². The van der Waals surface area contributed by atoms with Crippen LogP contribution in [0.15, 0.2) is 42.5 Å². The van der Waals surface area contributed by atoms with E-state index in [1.165, 1.54) is 10.2 Å². The van der Waals surface area contributed by atoms with Crippen LogP contribution < -0.4 is 9.47 Å². The van der Waals surface area contributed by atoms with E-state index in [9.17, 15) is 0 Å². The molecule has 2 aromatic heterocycles. The molecule has 2 heterocycles. The number of hydrogen-bond acceptors (Lipinski definition) is 4. The van der Waals surface area contributed by atoms with Gasteiger partial charge in [-0.1, -0.05) is 18.3 Å². The fourth-order valence-corrected chi connectivity index (χ4v) is 4.25. The van der Waals surface area contributed by atoms with Gasteiger partial charge in [0.1, 0.15) is 11.5 Å². The molecule has 0 saturated heterocycles. The third-order valence-corrected chi connectivity index (χ3v) is 5.37. The van der Waals surface area contributed by atoms with Gasteiger partial charge in [0, 0.05) is 11.3 Å². The first-order valence-corrected chi connectivity index (χ1v) is 9.80. The molecule has 0 radical (unpaired) electrons. The minimum atomic E-state index is 0.675. The van der Waals surface area contributed by atoms with Gasteiger partial charge in [0.15, 0.2) is 4.96 Å². The fourth-order valence-electron chi connectivity index (χ4n) is 3.15. The second-order valence-electron chi connectivity index (χ2n) is 6.20. The Morgan fingerprint density at radius 2 is 1.77 bits per heavy atom. The van der Waals surface area contributed by atoms with Crippen LogP contribution in [-0.4, -0.2) is 22.6 Å². The van der Waals surface area contributed by atoms with E-state index in [1.807, 2.05) is 25.1 Å². The zero-order valence-corrected chi connectivity index (χ0v) is 16.1. The largest absolute Gasteiger partial charge is 0.494 e. The zero-order chi connectivity index (χ0) is 18.1. The number of thiazole rings is 1. The molecular formula is C21H22N2O2S. The van der Waals surface area contributed by atoms with Gasteiger partial charge in [-0.3, -0.25) is 4.40 Å². The van der Waals surface area contributed by atoms with Crippen LogP contribution in [0.2, 0.25) is 0 Å². The van der Waals surface area contributed by atoms with Crippen molar-refractivity contribution < 1.29 is 9.47 Å². The molecule has 4 rings (SSSR count). The Bertz CT molecular complexity index is 1050. The molecule has 0 unspecified atom stereocenters. The molecule has 0 aliphatic rings. The number of ether oxygens (including phenoxy) is 2. The minimum Gasteiger partial charge on any atom is -0.494 e. The van der Waals surface area contributed by atoms with Gasteiger partial charge in [0.05, 0.1) is 29.1 Å². The maximum atomic E-state index is 5.76. The van der Waals surface area contributed by atoms with Crippen LogP contribution in [-0.2, 0) is 0 Å². The molecule has 0 amide bonds. The van der Waals surface area contributed by atoms with Crippen LogP contribution in [0.4, 0.5) is 0 Å². The van der Waals surface area contributed by atoms with E-state index in [0.29, 0.717) is 6.61 Å². The highest BCUT2D eigenvalue weighted by atomic mass is 32.1. The lowest BCUT2D eigenvalue weighted by Crippen LogP contribution is -1.94. The number of imidazole rings is 1. The van der Waals surface area contributed by atoms with Crippen molar-refractivity contribution in [3.63, 3.8) is 0 Å². The van der Waals surface area contributed by atoms with Crippen molar-refractivity contribution in [3.05, 3.63) is 48.2 Å². The lowest BCUT2D eigenvalue weighted by molar-refractivity contribution is 0.318. The predicted octanol–water partition coefficient (Wildman–Crippen LogP) is 5.71. The van der Waals surface area contributed by atoms with E-state index in [1.54, 1.807) is 11.3 Å². The Morgan fingerprint density at radius 1 is 1.00 bits per heavy atom. The third-order valence-electron chi connectivity index (χ3n) is 4.36. The molecule has 0 saturated carbocycles. The summed E-state index contributed by atoms with van der Waals surface area (Å²) in [5, 5.41) is 0. The van der Waals surface area contributed by atoms with E-state index in [2.05, 4.69) is 42.5 Å². The predicted molar refractivity (Wildman–Crippen MR) is 108 cm³/mol. The average Bonchev–Trinajstić information content (AvgIpc) is 3.17. The molecule has 0 atom stereocenters. The average molecular weight is 366 g/mol. The molecule has 2 aromatic carbocycles. The smallest absolute Gasteiger partial charge is 0.195 e. The second-order valence-corrected chi connectivity index (χ2v) is 7.21. The second kappa shape index (κ2) is 7.00. The van der Waals surface area contributed by atoms with Crippen molar-refractivity contribution in [1.82, 2.24) is 9.38 Å². The summed E-state index contributed by atoms with van der Waals surface area (Å²) in [7, 11) is 0. The summed E-state index contributed by atoms with van der Waals surface area (Å²) < 4.78 is 14.7. The monoisotopic (exact) mass is 366 g/mol. The minimum absolute atomic E-state index is 0.675. The SMILES string of the molecule is CCCOc1ccc2c(c1)sc1nc(-c3ccc(OCC)cc3)c(C)n12. The van der Waals surface area contributed by atoms with Gasteiger partial charge < -0.3 is 9.47 Å². The standard InChI is InChI=1S/C21H22N2O2S/c1-4-12-25-17-10-11-18-19(13-17)26-21-22-20(14(3)23(18)21)15-6-8-16(9-7-15)24-5-2/h6-11,13H,4-5,12H2,1-3H3. The van der Waals surface area contributed by atoms with Gasteiger partial charge in [-0.2, -0.15) is 0 Å². The van der Waals surface area contributed by atoms with Crippen molar-refractivity contribution in [1.29, 1.82) is 0 Å². The molecule has 0 spiro atoms. The Kier molecular flexibility index (Phi) is 4.55. The molecule has 26 heavy (non-hydrogen) atoms. The number of aromatic nitrogens is 2. The third kappa shape index (κ3) is 2.92. The summed E-state index contributed by atoms with van der Waals surface area (Å²) in [4.78, 5) is 5.90. The molecule has 4 nitrogen and oxygen atoms in total. The normalized spacial score (nSPS) is 11.3. The number of aryl methyl sites for hydroxylation is 1. The van der Waals surface area contributed by atoms with Crippen LogP contribution in [0, 0.1) is 6.92 Å². The van der Waals surface area contributed by atoms with E-state index < -0.39 is 0 Å². The van der Waals surface area contributed by atoms with Crippen LogP contribution in [0.3, 0.4) is 0 Å². The molecule has 4 aromatic rings. The molecule has 0 bridgehead atoms. The van der Waals surface area contributed by atoms with E-state index >= 15 is 0 Å². The number of nitrogens with zero attached hydrogens (tertiary/aromatic N) is 2.